The molecule has 12 heteroatoms. The van der Waals surface area contributed by atoms with E-state index in [1.807, 2.05) is 0 Å². The molecule has 198 valence electrons. The van der Waals surface area contributed by atoms with Crippen LogP contribution < -0.4 is 9.62 Å². The maximum absolute atomic E-state index is 13.7. The first kappa shape index (κ1) is 29.8. The Hall–Kier alpha value is -2.40. The van der Waals surface area contributed by atoms with Gasteiger partial charge >= 0.3 is 10.2 Å². The van der Waals surface area contributed by atoms with E-state index in [4.69, 9.17) is 23.2 Å². The number of hydrogen-bond acceptors (Lipinski definition) is 4. The molecule has 2 amide bonds. The number of rotatable bonds is 11. The first-order chi connectivity index (χ1) is 16.8. The molecule has 8 nitrogen and oxygen atoms in total. The second kappa shape index (κ2) is 12.7. The van der Waals surface area contributed by atoms with Crippen molar-refractivity contribution in [1.82, 2.24) is 14.5 Å². The molecule has 0 radical (unpaired) electrons. The van der Waals surface area contributed by atoms with Crippen molar-refractivity contribution < 1.29 is 22.4 Å². The Morgan fingerprint density at radius 3 is 2.06 bits per heavy atom. The summed E-state index contributed by atoms with van der Waals surface area (Å²) in [5, 5.41) is 3.41. The van der Waals surface area contributed by atoms with Gasteiger partial charge in [-0.05, 0) is 56.7 Å². The smallest absolute Gasteiger partial charge is 0.304 e. The van der Waals surface area contributed by atoms with Gasteiger partial charge in [0.05, 0.1) is 5.69 Å². The zero-order valence-electron chi connectivity index (χ0n) is 20.8. The van der Waals surface area contributed by atoms with Crippen LogP contribution in [0.5, 0.6) is 0 Å². The summed E-state index contributed by atoms with van der Waals surface area (Å²) < 4.78 is 41.6. The Labute approximate surface area is 222 Å². The van der Waals surface area contributed by atoms with Crippen LogP contribution >= 0.6 is 23.2 Å². The van der Waals surface area contributed by atoms with Gasteiger partial charge in [-0.3, -0.25) is 9.59 Å². The van der Waals surface area contributed by atoms with Crippen LogP contribution in [0, 0.1) is 5.82 Å². The van der Waals surface area contributed by atoms with Gasteiger partial charge in [0.25, 0.3) is 0 Å². The van der Waals surface area contributed by atoms with Crippen molar-refractivity contribution >= 4 is 50.9 Å². The lowest BCUT2D eigenvalue weighted by molar-refractivity contribution is -0.140. The fourth-order valence-electron chi connectivity index (χ4n) is 3.48. The highest BCUT2D eigenvalue weighted by Gasteiger charge is 2.34. The summed E-state index contributed by atoms with van der Waals surface area (Å²) >= 11 is 12.7. The van der Waals surface area contributed by atoms with E-state index in [2.05, 4.69) is 5.32 Å². The molecule has 0 fully saturated rings. The summed E-state index contributed by atoms with van der Waals surface area (Å²) in [6.45, 7) is 4.57. The SMILES string of the molecule is CC[C@H](C(=O)NC(C)C)N(Cc1c(Cl)cccc1Cl)C(=O)CN(c1ccc(F)cc1)S(=O)(=O)N(C)C. The molecule has 0 aliphatic heterocycles. The average Bonchev–Trinajstić information content (AvgIpc) is 2.79. The van der Waals surface area contributed by atoms with Crippen LogP contribution in [-0.2, 0) is 26.3 Å². The highest BCUT2D eigenvalue weighted by Crippen LogP contribution is 2.28. The number of hydrogen-bond donors (Lipinski definition) is 1. The van der Waals surface area contributed by atoms with Crippen molar-refractivity contribution in [3.63, 3.8) is 0 Å². The summed E-state index contributed by atoms with van der Waals surface area (Å²) in [4.78, 5) is 28.0. The van der Waals surface area contributed by atoms with Crippen LogP contribution in [0.1, 0.15) is 32.8 Å². The van der Waals surface area contributed by atoms with E-state index in [1.165, 1.54) is 31.1 Å². The third-order valence-electron chi connectivity index (χ3n) is 5.34. The van der Waals surface area contributed by atoms with Crippen LogP contribution in [0.2, 0.25) is 10.0 Å². The van der Waals surface area contributed by atoms with Crippen molar-refractivity contribution in [2.75, 3.05) is 24.9 Å². The molecule has 0 aromatic heterocycles. The lowest BCUT2D eigenvalue weighted by Gasteiger charge is -2.34. The molecule has 1 N–H and O–H groups in total. The highest BCUT2D eigenvalue weighted by atomic mass is 35.5. The van der Waals surface area contributed by atoms with E-state index in [0.29, 0.717) is 15.6 Å². The summed E-state index contributed by atoms with van der Waals surface area (Å²) in [7, 11) is -1.51. The van der Waals surface area contributed by atoms with Crippen LogP contribution in [-0.4, -0.2) is 62.2 Å². The van der Waals surface area contributed by atoms with Crippen molar-refractivity contribution in [2.45, 2.75) is 45.8 Å². The Morgan fingerprint density at radius 1 is 1.03 bits per heavy atom. The molecule has 0 aliphatic rings. The molecule has 0 saturated heterocycles. The molecule has 1 atom stereocenters. The van der Waals surface area contributed by atoms with Gasteiger partial charge < -0.3 is 10.2 Å². The second-order valence-electron chi connectivity index (χ2n) is 8.58. The number of carbonyl (C=O) groups is 2. The first-order valence-corrected chi connectivity index (χ1v) is 13.4. The summed E-state index contributed by atoms with van der Waals surface area (Å²) in [6, 6.07) is 8.51. The maximum atomic E-state index is 13.7. The Kier molecular flexibility index (Phi) is 10.5. The summed E-state index contributed by atoms with van der Waals surface area (Å²) in [6.07, 6.45) is 0.253. The lowest BCUT2D eigenvalue weighted by Crippen LogP contribution is -2.54. The van der Waals surface area contributed by atoms with E-state index in [0.717, 1.165) is 20.7 Å². The van der Waals surface area contributed by atoms with Crippen LogP contribution in [0.4, 0.5) is 10.1 Å². The first-order valence-electron chi connectivity index (χ1n) is 11.3. The number of amides is 2. The standard InChI is InChI=1S/C24H31Cl2FN4O4S/c1-6-22(24(33)28-16(2)3)30(14-19-20(25)8-7-9-21(19)26)23(32)15-31(36(34,35)29(4)5)18-12-10-17(27)11-13-18/h7-13,16,22H,6,14-15H2,1-5H3,(H,28,33)/t22-/m1/s1. The van der Waals surface area contributed by atoms with Crippen LogP contribution in [0.3, 0.4) is 0 Å². The maximum Gasteiger partial charge on any atom is 0.304 e. The number of nitrogens with zero attached hydrogens (tertiary/aromatic N) is 3. The third kappa shape index (κ3) is 7.32. The van der Waals surface area contributed by atoms with Crippen LogP contribution in [0.15, 0.2) is 42.5 Å². The Bertz CT molecular complexity index is 1160. The predicted octanol–water partition coefficient (Wildman–Crippen LogP) is 4.08. The zero-order chi connectivity index (χ0) is 27.2. The normalized spacial score (nSPS) is 12.5. The minimum Gasteiger partial charge on any atom is -0.352 e. The average molecular weight is 562 g/mol. The number of carbonyl (C=O) groups excluding carboxylic acids is 2. The summed E-state index contributed by atoms with van der Waals surface area (Å²) in [5.74, 6) is -1.61. The van der Waals surface area contributed by atoms with Gasteiger partial charge in [0.15, 0.2) is 0 Å². The molecule has 0 aliphatic carbocycles. The van der Waals surface area contributed by atoms with E-state index < -0.39 is 40.4 Å². The lowest BCUT2D eigenvalue weighted by atomic mass is 10.1. The quantitative estimate of drug-likeness (QED) is 0.448. The third-order valence-corrected chi connectivity index (χ3v) is 7.87. The molecule has 0 spiro atoms. The molecular weight excluding hydrogens is 530 g/mol. The van der Waals surface area contributed by atoms with Gasteiger partial charge in [-0.1, -0.05) is 36.2 Å². The minimum atomic E-state index is -4.15. The molecule has 36 heavy (non-hydrogen) atoms. The van der Waals surface area contributed by atoms with Crippen molar-refractivity contribution in [3.8, 4) is 0 Å². The zero-order valence-corrected chi connectivity index (χ0v) is 23.2. The molecule has 0 unspecified atom stereocenters. The fraction of sp³-hybridized carbons (Fsp3) is 0.417. The fourth-order valence-corrected chi connectivity index (χ4v) is 5.05. The molecular formula is C24H31Cl2FN4O4S. The van der Waals surface area contributed by atoms with Gasteiger partial charge in [0.2, 0.25) is 11.8 Å². The topological polar surface area (TPSA) is 90.0 Å². The molecule has 0 heterocycles. The Morgan fingerprint density at radius 2 is 1.58 bits per heavy atom. The molecule has 0 bridgehead atoms. The molecule has 2 aromatic rings. The highest BCUT2D eigenvalue weighted by molar-refractivity contribution is 7.90. The van der Waals surface area contributed by atoms with E-state index in [1.54, 1.807) is 39.0 Å². The molecule has 2 rings (SSSR count). The molecule has 0 saturated carbocycles. The van der Waals surface area contributed by atoms with E-state index in [-0.39, 0.29) is 24.7 Å². The van der Waals surface area contributed by atoms with Gasteiger partial charge in [0, 0.05) is 42.3 Å². The van der Waals surface area contributed by atoms with E-state index in [9.17, 15) is 22.4 Å². The Balaban J connectivity index is 2.56. The van der Waals surface area contributed by atoms with Gasteiger partial charge in [0.1, 0.15) is 18.4 Å². The van der Waals surface area contributed by atoms with E-state index >= 15 is 0 Å². The minimum absolute atomic E-state index is 0.0915. The largest absolute Gasteiger partial charge is 0.352 e. The number of halogens is 3. The van der Waals surface area contributed by atoms with Crippen LogP contribution in [0.25, 0.3) is 0 Å². The van der Waals surface area contributed by atoms with Gasteiger partial charge in [-0.2, -0.15) is 12.7 Å². The van der Waals surface area contributed by atoms with Crippen molar-refractivity contribution in [2.24, 2.45) is 0 Å². The number of benzene rings is 2. The van der Waals surface area contributed by atoms with Gasteiger partial charge in [-0.25, -0.2) is 8.70 Å². The number of nitrogens with one attached hydrogen (secondary N) is 1. The monoisotopic (exact) mass is 560 g/mol. The second-order valence-corrected chi connectivity index (χ2v) is 11.5. The number of anilines is 1. The van der Waals surface area contributed by atoms with Crippen molar-refractivity contribution in [3.05, 3.63) is 63.9 Å². The molecule has 2 aromatic carbocycles. The predicted molar refractivity (Wildman–Crippen MR) is 141 cm³/mol. The van der Waals surface area contributed by atoms with Crippen molar-refractivity contribution in [1.29, 1.82) is 0 Å². The van der Waals surface area contributed by atoms with Gasteiger partial charge in [-0.15, -0.1) is 0 Å². The summed E-state index contributed by atoms with van der Waals surface area (Å²) in [5.41, 5.74) is 0.516.